The lowest BCUT2D eigenvalue weighted by molar-refractivity contribution is -0.274. The Morgan fingerprint density at radius 2 is 1.63 bits per heavy atom. The van der Waals surface area contributed by atoms with Gasteiger partial charge in [-0.2, -0.15) is 0 Å². The van der Waals surface area contributed by atoms with E-state index in [0.29, 0.717) is 16.8 Å². The van der Waals surface area contributed by atoms with E-state index >= 15 is 0 Å². The fourth-order valence-electron chi connectivity index (χ4n) is 3.19. The van der Waals surface area contributed by atoms with Gasteiger partial charge in [0.15, 0.2) is 0 Å². The number of halogens is 3. The summed E-state index contributed by atoms with van der Waals surface area (Å²) in [4.78, 5) is 20.7. The molecular formula is C26H18F3N3O3. The molecule has 0 aliphatic carbocycles. The van der Waals surface area contributed by atoms with Crippen LogP contribution in [0, 0.1) is 0 Å². The van der Waals surface area contributed by atoms with Crippen molar-refractivity contribution >= 4 is 5.78 Å². The van der Waals surface area contributed by atoms with Crippen molar-refractivity contribution in [2.24, 2.45) is 0 Å². The minimum absolute atomic E-state index is 0.208. The predicted octanol–water partition coefficient (Wildman–Crippen LogP) is 6.34. The molecule has 0 unspecified atom stereocenters. The number of imidazole rings is 1. The fourth-order valence-corrected chi connectivity index (χ4v) is 3.19. The van der Waals surface area contributed by atoms with E-state index < -0.39 is 6.36 Å². The number of alkyl halides is 3. The molecule has 176 valence electrons. The number of carbonyl (C=O) groups is 1. The van der Waals surface area contributed by atoms with E-state index in [1.54, 1.807) is 77.9 Å². The molecule has 0 N–H and O–H groups in total. The first-order valence-electron chi connectivity index (χ1n) is 10.3. The Balaban J connectivity index is 0.000000514. The van der Waals surface area contributed by atoms with E-state index in [2.05, 4.69) is 19.1 Å². The molecule has 6 nitrogen and oxygen atoms in total. The second kappa shape index (κ2) is 10.5. The summed E-state index contributed by atoms with van der Waals surface area (Å²) < 4.78 is 48.5. The molecule has 0 saturated heterocycles. The predicted molar refractivity (Wildman–Crippen MR) is 122 cm³/mol. The van der Waals surface area contributed by atoms with Crippen LogP contribution in [0.4, 0.5) is 13.2 Å². The number of hydrogen-bond donors (Lipinski definition) is 0. The van der Waals surface area contributed by atoms with E-state index in [1.807, 2.05) is 12.1 Å². The Labute approximate surface area is 198 Å². The van der Waals surface area contributed by atoms with Gasteiger partial charge in [0.2, 0.25) is 5.78 Å². The molecule has 0 aliphatic rings. The van der Waals surface area contributed by atoms with Crippen LogP contribution in [0.5, 0.6) is 5.75 Å². The summed E-state index contributed by atoms with van der Waals surface area (Å²) >= 11 is 0. The van der Waals surface area contributed by atoms with Crippen LogP contribution in [0.15, 0.2) is 115 Å². The molecule has 0 fully saturated rings. The number of para-hydroxylation sites is 1. The van der Waals surface area contributed by atoms with E-state index in [9.17, 15) is 18.0 Å². The Morgan fingerprint density at radius 1 is 0.857 bits per heavy atom. The van der Waals surface area contributed by atoms with E-state index in [-0.39, 0.29) is 22.9 Å². The molecule has 0 bridgehead atoms. The van der Waals surface area contributed by atoms with Crippen LogP contribution in [0.2, 0.25) is 0 Å². The quantitative estimate of drug-likeness (QED) is 0.276. The normalized spacial score (nSPS) is 10.8. The number of ketones is 1. The summed E-state index contributed by atoms with van der Waals surface area (Å²) in [6, 6.07) is 21.4. The van der Waals surface area contributed by atoms with Crippen LogP contribution in [0.3, 0.4) is 0 Å². The van der Waals surface area contributed by atoms with Crippen molar-refractivity contribution in [3.05, 3.63) is 121 Å². The van der Waals surface area contributed by atoms with Gasteiger partial charge in [-0.25, -0.2) is 4.98 Å². The van der Waals surface area contributed by atoms with Crippen molar-refractivity contribution < 1.29 is 27.1 Å². The highest BCUT2D eigenvalue weighted by Crippen LogP contribution is 2.34. The van der Waals surface area contributed by atoms with Gasteiger partial charge in [0.1, 0.15) is 23.5 Å². The fraction of sp³-hybridized carbons (Fsp3) is 0.0385. The van der Waals surface area contributed by atoms with Gasteiger partial charge in [-0.05, 0) is 48.0 Å². The Morgan fingerprint density at radius 3 is 2.31 bits per heavy atom. The van der Waals surface area contributed by atoms with Gasteiger partial charge in [0.25, 0.3) is 0 Å². The van der Waals surface area contributed by atoms with Crippen molar-refractivity contribution in [2.75, 3.05) is 0 Å². The number of aromatic nitrogens is 3. The first-order chi connectivity index (χ1) is 16.9. The number of rotatable bonds is 5. The topological polar surface area (TPSA) is 70.2 Å². The molecule has 0 atom stereocenters. The molecule has 0 amide bonds. The lowest BCUT2D eigenvalue weighted by atomic mass is 10.0. The van der Waals surface area contributed by atoms with Crippen molar-refractivity contribution in [3.63, 3.8) is 0 Å². The maximum absolute atomic E-state index is 12.7. The average molecular weight is 477 g/mol. The summed E-state index contributed by atoms with van der Waals surface area (Å²) in [6.45, 7) is 0. The number of hydrogen-bond acceptors (Lipinski definition) is 5. The minimum Gasteiger partial charge on any atom is -0.473 e. The molecule has 5 rings (SSSR count). The molecule has 0 radical (unpaired) electrons. The Hall–Kier alpha value is -4.66. The molecule has 9 heteroatoms. The van der Waals surface area contributed by atoms with Crippen LogP contribution < -0.4 is 4.74 Å². The third-order valence-corrected chi connectivity index (χ3v) is 4.71. The molecule has 0 aliphatic heterocycles. The monoisotopic (exact) mass is 477 g/mol. The number of ether oxygens (including phenoxy) is 1. The zero-order valence-electron chi connectivity index (χ0n) is 18.1. The number of benzene rings is 2. The Kier molecular flexibility index (Phi) is 7.06. The van der Waals surface area contributed by atoms with Gasteiger partial charge in [-0.1, -0.05) is 36.4 Å². The molecule has 0 saturated carbocycles. The number of nitrogens with zero attached hydrogens (tertiary/aromatic N) is 3. The van der Waals surface area contributed by atoms with Crippen LogP contribution in [0.25, 0.3) is 16.8 Å². The summed E-state index contributed by atoms with van der Waals surface area (Å²) in [5.74, 6) is -0.617. The van der Waals surface area contributed by atoms with Crippen molar-refractivity contribution in [1.29, 1.82) is 0 Å². The summed E-state index contributed by atoms with van der Waals surface area (Å²) in [5.41, 5.74) is 1.93. The van der Waals surface area contributed by atoms with E-state index in [0.717, 1.165) is 0 Å². The largest absolute Gasteiger partial charge is 0.573 e. The second-order valence-electron chi connectivity index (χ2n) is 7.10. The van der Waals surface area contributed by atoms with Crippen molar-refractivity contribution in [3.8, 4) is 22.6 Å². The summed E-state index contributed by atoms with van der Waals surface area (Å²) in [5, 5.41) is 0. The first-order valence-corrected chi connectivity index (χ1v) is 10.3. The highest BCUT2D eigenvalue weighted by Gasteiger charge is 2.32. The molecular weight excluding hydrogens is 459 g/mol. The lowest BCUT2D eigenvalue weighted by Gasteiger charge is -2.14. The van der Waals surface area contributed by atoms with Gasteiger partial charge in [-0.15, -0.1) is 13.2 Å². The summed E-state index contributed by atoms with van der Waals surface area (Å²) in [7, 11) is 0. The smallest absolute Gasteiger partial charge is 0.473 e. The van der Waals surface area contributed by atoms with Gasteiger partial charge in [-0.3, -0.25) is 9.78 Å². The molecule has 2 aromatic carbocycles. The van der Waals surface area contributed by atoms with Gasteiger partial charge >= 0.3 is 6.36 Å². The molecule has 0 spiro atoms. The SMILES string of the molecule is O=C(c1ccccn1)c1cn(-c2cccc(-c3ccccc3OC(F)(F)F)c2)cn1.c1ccoc1. The van der Waals surface area contributed by atoms with E-state index in [4.69, 9.17) is 0 Å². The highest BCUT2D eigenvalue weighted by atomic mass is 19.4. The van der Waals surface area contributed by atoms with Crippen molar-refractivity contribution in [1.82, 2.24) is 14.5 Å². The Bertz CT molecular complexity index is 1360. The van der Waals surface area contributed by atoms with Crippen LogP contribution >= 0.6 is 0 Å². The zero-order chi connectivity index (χ0) is 24.7. The van der Waals surface area contributed by atoms with Gasteiger partial charge in [0.05, 0.1) is 12.5 Å². The third kappa shape index (κ3) is 6.23. The van der Waals surface area contributed by atoms with Gasteiger partial charge in [0, 0.05) is 23.6 Å². The molecule has 3 heterocycles. The molecule has 5 aromatic rings. The maximum atomic E-state index is 12.7. The lowest BCUT2D eigenvalue weighted by Crippen LogP contribution is -2.17. The number of furan rings is 1. The van der Waals surface area contributed by atoms with Crippen LogP contribution in [-0.4, -0.2) is 26.7 Å². The average Bonchev–Trinajstić information content (AvgIpc) is 3.59. The maximum Gasteiger partial charge on any atom is 0.573 e. The minimum atomic E-state index is -4.79. The second-order valence-corrected chi connectivity index (χ2v) is 7.10. The van der Waals surface area contributed by atoms with Crippen molar-refractivity contribution in [2.45, 2.75) is 6.36 Å². The summed E-state index contributed by atoms with van der Waals surface area (Å²) in [6.07, 6.45) is 2.99. The molecule has 35 heavy (non-hydrogen) atoms. The standard InChI is InChI=1S/C22H14F3N3O2.C4H4O/c23-22(24,25)30-20-10-2-1-8-17(20)15-6-5-7-16(12-15)28-13-19(27-14-28)21(29)18-9-3-4-11-26-18;1-2-4-5-3-1/h1-14H;1-4H. The zero-order valence-corrected chi connectivity index (χ0v) is 18.1. The van der Waals surface area contributed by atoms with Crippen LogP contribution in [0.1, 0.15) is 16.2 Å². The van der Waals surface area contributed by atoms with Crippen LogP contribution in [-0.2, 0) is 0 Å². The number of carbonyl (C=O) groups excluding carboxylic acids is 1. The third-order valence-electron chi connectivity index (χ3n) is 4.71. The first kappa shape index (κ1) is 23.5. The highest BCUT2D eigenvalue weighted by molar-refractivity contribution is 6.06. The van der Waals surface area contributed by atoms with Gasteiger partial charge < -0.3 is 13.7 Å². The molecule has 3 aromatic heterocycles. The van der Waals surface area contributed by atoms with E-state index in [1.165, 1.54) is 24.7 Å². The number of pyridine rings is 1.